The average molecular weight is 470 g/mol. The minimum absolute atomic E-state index is 0.121. The third kappa shape index (κ3) is 3.17. The average Bonchev–Trinajstić information content (AvgIpc) is 2.78. The number of aliphatic hydroxyl groups is 3. The molecule has 1 saturated carbocycles. The monoisotopic (exact) mass is 470 g/mol. The molecule has 4 aliphatic rings. The van der Waals surface area contributed by atoms with E-state index in [0.717, 1.165) is 18.7 Å². The number of rotatable bonds is 3. The number of nitrogens with two attached hydrogens (primary N) is 1. The van der Waals surface area contributed by atoms with Crippen molar-refractivity contribution in [2.24, 2.45) is 17.6 Å². The predicted molar refractivity (Wildman–Crippen MR) is 117 cm³/mol. The van der Waals surface area contributed by atoms with Gasteiger partial charge in [-0.25, -0.2) is 0 Å². The molecule has 10 heteroatoms. The summed E-state index contributed by atoms with van der Waals surface area (Å²) in [6, 6.07) is 3.25. The highest BCUT2D eigenvalue weighted by Crippen LogP contribution is 2.52. The number of aliphatic hydroxyl groups excluding tert-OH is 2. The van der Waals surface area contributed by atoms with Crippen molar-refractivity contribution in [2.45, 2.75) is 31.4 Å². The van der Waals surface area contributed by atoms with Gasteiger partial charge in [-0.15, -0.1) is 0 Å². The zero-order chi connectivity index (χ0) is 24.4. The van der Waals surface area contributed by atoms with Crippen molar-refractivity contribution in [3.05, 3.63) is 45.7 Å². The maximum Gasteiger partial charge on any atom is 0.255 e. The van der Waals surface area contributed by atoms with Crippen molar-refractivity contribution in [1.29, 1.82) is 0 Å². The number of aromatic hydroxyl groups is 1. The Balaban J connectivity index is 1.61. The molecule has 3 unspecified atom stereocenters. The standard InChI is InChI=1S/C24H26N2O8/c25-23(32)19-16(28)9-13-7-12-8-14-11(10-26-3-5-34-6-4-26)1-2-15(27)18(14)20(29)17(12)21(30)24(13,33)22(19)31/h1-2,12-13,27,29,31,33H,3-10H2,(H2,25,32). The lowest BCUT2D eigenvalue weighted by molar-refractivity contribution is -0.147. The van der Waals surface area contributed by atoms with Crippen LogP contribution in [0.5, 0.6) is 5.75 Å². The van der Waals surface area contributed by atoms with Crippen LogP contribution in [0.4, 0.5) is 0 Å². The van der Waals surface area contributed by atoms with Crippen molar-refractivity contribution in [3.63, 3.8) is 0 Å². The first-order chi connectivity index (χ1) is 16.1. The van der Waals surface area contributed by atoms with Gasteiger partial charge in [0.15, 0.2) is 11.4 Å². The largest absolute Gasteiger partial charge is 0.508 e. The SMILES string of the molecule is NC(=O)C1=C(O)C2(O)C(=O)C3=C(O)c4c(O)ccc(CN5CCOCC5)c4CC3CC2CC1=O. The van der Waals surface area contributed by atoms with Crippen LogP contribution in [-0.4, -0.2) is 74.7 Å². The number of amides is 1. The van der Waals surface area contributed by atoms with Gasteiger partial charge in [-0.1, -0.05) is 6.07 Å². The van der Waals surface area contributed by atoms with Crippen LogP contribution in [0.15, 0.2) is 29.0 Å². The van der Waals surface area contributed by atoms with Crippen molar-refractivity contribution in [2.75, 3.05) is 26.3 Å². The number of hydrogen-bond donors (Lipinski definition) is 5. The van der Waals surface area contributed by atoms with Gasteiger partial charge in [-0.2, -0.15) is 0 Å². The first kappa shape index (κ1) is 22.6. The number of fused-ring (bicyclic) bond motifs is 3. The zero-order valence-corrected chi connectivity index (χ0v) is 18.4. The Kier molecular flexibility index (Phi) is 5.27. The lowest BCUT2D eigenvalue weighted by Crippen LogP contribution is -2.58. The van der Waals surface area contributed by atoms with Gasteiger partial charge in [0.05, 0.1) is 18.8 Å². The molecule has 1 heterocycles. The molecule has 0 radical (unpaired) electrons. The van der Waals surface area contributed by atoms with Gasteiger partial charge < -0.3 is 30.9 Å². The summed E-state index contributed by atoms with van der Waals surface area (Å²) in [5.74, 6) is -6.20. The molecule has 1 saturated heterocycles. The summed E-state index contributed by atoms with van der Waals surface area (Å²) in [5, 5.41) is 43.6. The number of morpholine rings is 1. The second-order valence-corrected chi connectivity index (χ2v) is 9.39. The fourth-order valence-corrected chi connectivity index (χ4v) is 5.83. The van der Waals surface area contributed by atoms with Gasteiger partial charge in [0.1, 0.15) is 22.8 Å². The second-order valence-electron chi connectivity index (χ2n) is 9.39. The van der Waals surface area contributed by atoms with E-state index in [1.807, 2.05) is 0 Å². The Morgan fingerprint density at radius 3 is 2.53 bits per heavy atom. The molecule has 0 bridgehead atoms. The zero-order valence-electron chi connectivity index (χ0n) is 18.4. The lowest BCUT2D eigenvalue weighted by atomic mass is 9.59. The van der Waals surface area contributed by atoms with E-state index in [4.69, 9.17) is 10.5 Å². The summed E-state index contributed by atoms with van der Waals surface area (Å²) in [5.41, 5.74) is 3.46. The molecule has 6 N–H and O–H groups in total. The van der Waals surface area contributed by atoms with Gasteiger partial charge in [-0.3, -0.25) is 19.3 Å². The molecule has 10 nitrogen and oxygen atoms in total. The molecule has 34 heavy (non-hydrogen) atoms. The topological polar surface area (TPSA) is 171 Å². The van der Waals surface area contributed by atoms with Crippen molar-refractivity contribution < 1.29 is 39.5 Å². The Labute approximate surface area is 194 Å². The molecule has 1 amide bonds. The number of ether oxygens (including phenoxy) is 1. The van der Waals surface area contributed by atoms with Gasteiger partial charge >= 0.3 is 0 Å². The highest BCUT2D eigenvalue weighted by molar-refractivity contribution is 6.22. The number of primary amides is 1. The molecule has 180 valence electrons. The number of phenolic OH excluding ortho intramolecular Hbond substituents is 1. The molecular weight excluding hydrogens is 444 g/mol. The van der Waals surface area contributed by atoms with Crippen molar-refractivity contribution >= 4 is 23.2 Å². The van der Waals surface area contributed by atoms with E-state index >= 15 is 0 Å². The van der Waals surface area contributed by atoms with Gasteiger partial charge in [0.2, 0.25) is 5.78 Å². The fraction of sp³-hybridized carbons (Fsp3) is 0.458. The summed E-state index contributed by atoms with van der Waals surface area (Å²) < 4.78 is 5.40. The van der Waals surface area contributed by atoms with E-state index in [-0.39, 0.29) is 29.7 Å². The van der Waals surface area contributed by atoms with Crippen LogP contribution >= 0.6 is 0 Å². The number of hydrogen-bond acceptors (Lipinski definition) is 9. The highest BCUT2D eigenvalue weighted by atomic mass is 16.5. The first-order valence-electron chi connectivity index (χ1n) is 11.3. The number of nitrogens with zero attached hydrogens (tertiary/aromatic N) is 1. The molecule has 1 aromatic rings. The molecular formula is C24H26N2O8. The summed E-state index contributed by atoms with van der Waals surface area (Å²) in [6.45, 7) is 3.30. The predicted octanol–water partition coefficient (Wildman–Crippen LogP) is 0.256. The molecule has 5 rings (SSSR count). The molecule has 0 aromatic heterocycles. The molecule has 0 spiro atoms. The van der Waals surface area contributed by atoms with Gasteiger partial charge in [-0.05, 0) is 36.0 Å². The van der Waals surface area contributed by atoms with Crippen LogP contribution in [0.1, 0.15) is 29.5 Å². The van der Waals surface area contributed by atoms with E-state index in [2.05, 4.69) is 4.90 Å². The normalized spacial score (nSPS) is 29.6. The number of Topliss-reactive ketones (excluding diaryl/α,β-unsaturated/α-hetero) is 2. The van der Waals surface area contributed by atoms with E-state index in [1.54, 1.807) is 6.07 Å². The van der Waals surface area contributed by atoms with Crippen LogP contribution in [-0.2, 0) is 32.1 Å². The quantitative estimate of drug-likeness (QED) is 0.389. The lowest BCUT2D eigenvalue weighted by Gasteiger charge is -2.46. The van der Waals surface area contributed by atoms with E-state index in [0.29, 0.717) is 31.7 Å². The number of ketones is 2. The molecule has 3 atom stereocenters. The minimum atomic E-state index is -2.55. The fourth-order valence-electron chi connectivity index (χ4n) is 5.83. The minimum Gasteiger partial charge on any atom is -0.508 e. The first-order valence-corrected chi connectivity index (χ1v) is 11.3. The van der Waals surface area contributed by atoms with Crippen molar-refractivity contribution in [1.82, 2.24) is 4.90 Å². The second kappa shape index (κ2) is 7.93. The third-order valence-corrected chi connectivity index (χ3v) is 7.54. The van der Waals surface area contributed by atoms with E-state index < -0.39 is 52.0 Å². The van der Waals surface area contributed by atoms with Gasteiger partial charge in [0, 0.05) is 37.5 Å². The summed E-state index contributed by atoms with van der Waals surface area (Å²) in [4.78, 5) is 39.9. The van der Waals surface area contributed by atoms with E-state index in [1.165, 1.54) is 6.07 Å². The van der Waals surface area contributed by atoms with Gasteiger partial charge in [0.25, 0.3) is 5.91 Å². The maximum atomic E-state index is 13.5. The Morgan fingerprint density at radius 1 is 1.15 bits per heavy atom. The number of benzene rings is 1. The summed E-state index contributed by atoms with van der Waals surface area (Å²) in [7, 11) is 0. The molecule has 2 fully saturated rings. The highest BCUT2D eigenvalue weighted by Gasteiger charge is 2.60. The van der Waals surface area contributed by atoms with Crippen LogP contribution in [0, 0.1) is 11.8 Å². The number of carbonyl (C=O) groups excluding carboxylic acids is 3. The summed E-state index contributed by atoms with van der Waals surface area (Å²) in [6.07, 6.45) is 0.0979. The Hall–Kier alpha value is -3.21. The number of carbonyl (C=O) groups is 3. The third-order valence-electron chi connectivity index (χ3n) is 7.54. The number of phenols is 1. The molecule has 1 aromatic carbocycles. The van der Waals surface area contributed by atoms with Crippen LogP contribution in [0.2, 0.25) is 0 Å². The van der Waals surface area contributed by atoms with E-state index in [9.17, 15) is 34.8 Å². The Bertz CT molecular complexity index is 1180. The Morgan fingerprint density at radius 2 is 1.85 bits per heavy atom. The maximum absolute atomic E-state index is 13.5. The van der Waals surface area contributed by atoms with Crippen LogP contribution < -0.4 is 5.73 Å². The van der Waals surface area contributed by atoms with Crippen LogP contribution in [0.25, 0.3) is 5.76 Å². The molecule has 3 aliphatic carbocycles. The van der Waals surface area contributed by atoms with Crippen molar-refractivity contribution in [3.8, 4) is 5.75 Å². The summed E-state index contributed by atoms with van der Waals surface area (Å²) >= 11 is 0. The smallest absolute Gasteiger partial charge is 0.255 e. The molecule has 1 aliphatic heterocycles. The van der Waals surface area contributed by atoms with Crippen LogP contribution in [0.3, 0.4) is 0 Å².